The molecule has 2 aliphatic rings. The minimum absolute atomic E-state index is 0.0653. The molecular weight excluding hydrogens is 456 g/mol. The number of nitrogens with two attached hydrogens (primary N) is 1. The Morgan fingerprint density at radius 2 is 2.12 bits per heavy atom. The predicted molar refractivity (Wildman–Crippen MR) is 131 cm³/mol. The Labute approximate surface area is 205 Å². The molecule has 1 aromatic rings. The van der Waals surface area contributed by atoms with Crippen LogP contribution in [0.25, 0.3) is 6.08 Å². The topological polar surface area (TPSA) is 122 Å². The van der Waals surface area contributed by atoms with Crippen molar-refractivity contribution in [2.45, 2.75) is 64.9 Å². The van der Waals surface area contributed by atoms with E-state index in [-0.39, 0.29) is 24.0 Å². The molecule has 0 aromatic heterocycles. The quantitative estimate of drug-likeness (QED) is 0.411. The molecule has 1 fully saturated rings. The molecule has 0 radical (unpaired) electrons. The lowest BCUT2D eigenvalue weighted by molar-refractivity contribution is -0.794. The number of thiocarbonyl (C=S) groups is 1. The largest absolute Gasteiger partial charge is 0.521 e. The molecule has 1 saturated heterocycles. The molecular formula is C24H33N4O5S+. The molecule has 0 aliphatic carbocycles. The monoisotopic (exact) mass is 489 g/mol. The molecule has 0 saturated carbocycles. The number of carbonyl (C=O) groups excluding carboxylic acids is 2. The number of ether oxygens (including phenoxy) is 1. The van der Waals surface area contributed by atoms with Crippen molar-refractivity contribution in [3.05, 3.63) is 41.5 Å². The van der Waals surface area contributed by atoms with Gasteiger partial charge in [-0.2, -0.15) is 9.28 Å². The van der Waals surface area contributed by atoms with Gasteiger partial charge in [-0.15, -0.1) is 0 Å². The molecule has 1 aromatic carbocycles. The number of fused-ring (bicyclic) bond motifs is 1. The van der Waals surface area contributed by atoms with Crippen LogP contribution in [-0.4, -0.2) is 62.4 Å². The van der Waals surface area contributed by atoms with Crippen molar-refractivity contribution < 1.29 is 28.7 Å². The van der Waals surface area contributed by atoms with Gasteiger partial charge in [0.2, 0.25) is 0 Å². The van der Waals surface area contributed by atoms with E-state index in [0.717, 1.165) is 16.7 Å². The summed E-state index contributed by atoms with van der Waals surface area (Å²) < 4.78 is 4.89. The summed E-state index contributed by atoms with van der Waals surface area (Å²) in [6.07, 6.45) is 0.112. The SMILES string of the molecule is C=Cc1cccc2c1CN(C(=O)O[C@@H]1CC(C)[N+](C(=O)O)(C(=O)[C@@H](NC(N)=S)[C@@H](C)CC)C1)C2. The normalized spacial score (nSPS) is 25.2. The van der Waals surface area contributed by atoms with Gasteiger partial charge in [0.15, 0.2) is 11.2 Å². The number of imide groups is 1. The van der Waals surface area contributed by atoms with Crippen molar-refractivity contribution in [1.29, 1.82) is 0 Å². The Morgan fingerprint density at radius 3 is 2.71 bits per heavy atom. The molecule has 4 N–H and O–H groups in total. The van der Waals surface area contributed by atoms with Gasteiger partial charge >= 0.3 is 18.1 Å². The number of hydrogen-bond acceptors (Lipinski definition) is 5. The third-order valence-electron chi connectivity index (χ3n) is 7.12. The molecule has 0 spiro atoms. The number of quaternary nitrogens is 1. The van der Waals surface area contributed by atoms with Crippen molar-refractivity contribution in [2.24, 2.45) is 11.7 Å². The zero-order chi connectivity index (χ0) is 25.2. The number of carboxylic acid groups (broad SMARTS) is 1. The van der Waals surface area contributed by atoms with Crippen molar-refractivity contribution in [3.63, 3.8) is 0 Å². The third kappa shape index (κ3) is 4.65. The number of rotatable bonds is 6. The number of amides is 3. The van der Waals surface area contributed by atoms with Gasteiger partial charge in [-0.1, -0.05) is 51.1 Å². The Bertz CT molecular complexity index is 1020. The maximum atomic E-state index is 13.6. The first-order valence-corrected chi connectivity index (χ1v) is 11.9. The van der Waals surface area contributed by atoms with E-state index in [2.05, 4.69) is 11.9 Å². The average molecular weight is 490 g/mol. The summed E-state index contributed by atoms with van der Waals surface area (Å²) in [6, 6.07) is 4.37. The van der Waals surface area contributed by atoms with Crippen LogP contribution < -0.4 is 11.1 Å². The van der Waals surface area contributed by atoms with Gasteiger partial charge in [0.25, 0.3) is 0 Å². The predicted octanol–water partition coefficient (Wildman–Crippen LogP) is 3.21. The van der Waals surface area contributed by atoms with Gasteiger partial charge in [0.1, 0.15) is 18.6 Å². The van der Waals surface area contributed by atoms with Crippen LogP contribution in [0, 0.1) is 5.92 Å². The highest BCUT2D eigenvalue weighted by Gasteiger charge is 2.60. The summed E-state index contributed by atoms with van der Waals surface area (Å²) in [5.41, 5.74) is 8.65. The number of likely N-dealkylation sites (tertiary alicyclic amines) is 1. The standard InChI is InChI=1S/C24H32N4O5S/c1-5-14(3)20(26-22(25)34)21(29)28(24(31)32)13-18(10-15(28)4)33-23(30)27-11-17-9-7-8-16(6-2)19(17)12-27/h6-9,14-15,18,20H,2,5,10-13H2,1,3-4H3,(H3-,25,26,31,32,34)/p+1/t14-,15?,18+,20-,28?/m0/s1. The van der Waals surface area contributed by atoms with Crippen LogP contribution in [-0.2, 0) is 22.6 Å². The Morgan fingerprint density at radius 1 is 1.41 bits per heavy atom. The fourth-order valence-corrected chi connectivity index (χ4v) is 5.09. The Kier molecular flexibility index (Phi) is 7.62. The minimum atomic E-state index is -1.28. The van der Waals surface area contributed by atoms with E-state index in [1.165, 1.54) is 0 Å². The van der Waals surface area contributed by atoms with E-state index in [1.54, 1.807) is 17.9 Å². The highest BCUT2D eigenvalue weighted by molar-refractivity contribution is 7.80. The molecule has 2 unspecified atom stereocenters. The number of hydrogen-bond donors (Lipinski definition) is 3. The molecule has 3 rings (SSSR count). The van der Waals surface area contributed by atoms with E-state index in [0.29, 0.717) is 19.5 Å². The number of carbonyl (C=O) groups is 3. The summed E-state index contributed by atoms with van der Waals surface area (Å²) in [7, 11) is 0. The first-order valence-electron chi connectivity index (χ1n) is 11.4. The molecule has 10 heteroatoms. The summed E-state index contributed by atoms with van der Waals surface area (Å²) in [4.78, 5) is 40.6. The lowest BCUT2D eigenvalue weighted by Crippen LogP contribution is -2.66. The fraction of sp³-hybridized carbons (Fsp3) is 0.500. The highest BCUT2D eigenvalue weighted by Crippen LogP contribution is 2.34. The molecule has 184 valence electrons. The average Bonchev–Trinajstić information content (AvgIpc) is 3.37. The van der Waals surface area contributed by atoms with Gasteiger partial charge in [0.05, 0.1) is 6.54 Å². The Hall–Kier alpha value is -2.98. The molecule has 34 heavy (non-hydrogen) atoms. The number of nitrogens with one attached hydrogen (secondary N) is 1. The zero-order valence-corrected chi connectivity index (χ0v) is 20.6. The molecule has 2 aliphatic heterocycles. The van der Waals surface area contributed by atoms with Crippen molar-refractivity contribution >= 4 is 41.5 Å². The summed E-state index contributed by atoms with van der Waals surface area (Å²) in [6.45, 7) is 9.91. The summed E-state index contributed by atoms with van der Waals surface area (Å²) in [5.74, 6) is -0.732. The summed E-state index contributed by atoms with van der Waals surface area (Å²) in [5, 5.41) is 12.9. The maximum absolute atomic E-state index is 13.6. The highest BCUT2D eigenvalue weighted by atomic mass is 32.1. The van der Waals surface area contributed by atoms with Gasteiger partial charge in [-0.3, -0.25) is 4.90 Å². The van der Waals surface area contributed by atoms with Gasteiger partial charge in [-0.05, 0) is 41.7 Å². The second kappa shape index (κ2) is 10.1. The van der Waals surface area contributed by atoms with E-state index in [4.69, 9.17) is 22.7 Å². The van der Waals surface area contributed by atoms with Gasteiger partial charge in [0, 0.05) is 13.0 Å². The van der Waals surface area contributed by atoms with Crippen molar-refractivity contribution in [2.75, 3.05) is 6.54 Å². The first-order chi connectivity index (χ1) is 16.0. The van der Waals surface area contributed by atoms with Crippen molar-refractivity contribution in [1.82, 2.24) is 10.2 Å². The van der Waals surface area contributed by atoms with E-state index >= 15 is 0 Å². The molecule has 3 amide bonds. The fourth-order valence-electron chi connectivity index (χ4n) is 4.96. The van der Waals surface area contributed by atoms with Crippen LogP contribution in [0.2, 0.25) is 0 Å². The van der Waals surface area contributed by atoms with Crippen LogP contribution in [0.15, 0.2) is 24.8 Å². The van der Waals surface area contributed by atoms with Crippen LogP contribution in [0.5, 0.6) is 0 Å². The van der Waals surface area contributed by atoms with E-state index in [1.807, 2.05) is 32.0 Å². The molecule has 2 heterocycles. The van der Waals surface area contributed by atoms with Crippen LogP contribution >= 0.6 is 12.2 Å². The van der Waals surface area contributed by atoms with Crippen LogP contribution in [0.1, 0.15) is 50.3 Å². The minimum Gasteiger partial charge on any atom is -0.440 e. The van der Waals surface area contributed by atoms with Gasteiger partial charge in [-0.25, -0.2) is 9.59 Å². The molecule has 0 bridgehead atoms. The lowest BCUT2D eigenvalue weighted by Gasteiger charge is -2.34. The zero-order valence-electron chi connectivity index (χ0n) is 19.8. The van der Waals surface area contributed by atoms with Crippen LogP contribution in [0.4, 0.5) is 9.59 Å². The van der Waals surface area contributed by atoms with Crippen LogP contribution in [0.3, 0.4) is 0 Å². The second-order valence-corrected chi connectivity index (χ2v) is 9.62. The maximum Gasteiger partial charge on any atom is 0.521 e. The van der Waals surface area contributed by atoms with E-state index < -0.39 is 40.8 Å². The lowest BCUT2D eigenvalue weighted by atomic mass is 9.96. The summed E-state index contributed by atoms with van der Waals surface area (Å²) >= 11 is 4.93. The van der Waals surface area contributed by atoms with E-state index in [9.17, 15) is 19.5 Å². The molecule has 5 atom stereocenters. The first kappa shape index (κ1) is 25.6. The van der Waals surface area contributed by atoms with Crippen molar-refractivity contribution in [3.8, 4) is 0 Å². The third-order valence-corrected chi connectivity index (χ3v) is 7.24. The number of benzene rings is 1. The van der Waals surface area contributed by atoms with Gasteiger partial charge < -0.3 is 20.9 Å². The molecule has 9 nitrogen and oxygen atoms in total. The number of nitrogens with zero attached hydrogens (tertiary/aromatic N) is 2. The second-order valence-electron chi connectivity index (χ2n) is 9.18. The Balaban J connectivity index is 1.77. The smallest absolute Gasteiger partial charge is 0.440 e.